The first-order chi connectivity index (χ1) is 9.40. The summed E-state index contributed by atoms with van der Waals surface area (Å²) in [5.41, 5.74) is 4.96. The molecule has 19 heavy (non-hydrogen) atoms. The van der Waals surface area contributed by atoms with E-state index >= 15 is 0 Å². The first kappa shape index (κ1) is 10.3. The molecule has 0 atom stereocenters. The molecular weight excluding hydrogens is 234 g/mol. The van der Waals surface area contributed by atoms with Gasteiger partial charge in [-0.2, -0.15) is 0 Å². The molecule has 1 aliphatic carbocycles. The quantitative estimate of drug-likeness (QED) is 0.368. The minimum Gasteiger partial charge on any atom is -0.410 e. The van der Waals surface area contributed by atoms with E-state index in [1.54, 1.807) is 0 Å². The van der Waals surface area contributed by atoms with Gasteiger partial charge in [0.15, 0.2) is 0 Å². The van der Waals surface area contributed by atoms with E-state index in [1.165, 1.54) is 10.9 Å². The Hall–Kier alpha value is -2.61. The van der Waals surface area contributed by atoms with E-state index in [4.69, 9.17) is 0 Å². The summed E-state index contributed by atoms with van der Waals surface area (Å²) in [6.07, 6.45) is 0. The number of benzene rings is 3. The maximum Gasteiger partial charge on any atom is 0.118 e. The third-order valence-corrected chi connectivity index (χ3v) is 3.73. The Labute approximate surface area is 110 Å². The molecule has 0 saturated carbocycles. The van der Waals surface area contributed by atoms with Gasteiger partial charge in [-0.15, -0.1) is 0 Å². The molecule has 0 unspecified atom stereocenters. The summed E-state index contributed by atoms with van der Waals surface area (Å²) >= 11 is 0. The van der Waals surface area contributed by atoms with Gasteiger partial charge >= 0.3 is 0 Å². The second-order valence-electron chi connectivity index (χ2n) is 4.70. The van der Waals surface area contributed by atoms with E-state index in [9.17, 15) is 5.21 Å². The maximum absolute atomic E-state index is 9.40. The monoisotopic (exact) mass is 245 g/mol. The summed E-state index contributed by atoms with van der Waals surface area (Å²) in [5.74, 6) is 0. The molecule has 1 N–H and O–H groups in total. The van der Waals surface area contributed by atoms with E-state index in [0.717, 1.165) is 22.1 Å². The summed E-state index contributed by atoms with van der Waals surface area (Å²) in [5, 5.41) is 15.3. The molecule has 3 aromatic rings. The fourth-order valence-electron chi connectivity index (χ4n) is 2.94. The highest BCUT2D eigenvalue weighted by molar-refractivity contribution is 6.27. The molecule has 0 spiro atoms. The predicted molar refractivity (Wildman–Crippen MR) is 76.8 cm³/mol. The van der Waals surface area contributed by atoms with Crippen LogP contribution in [0.1, 0.15) is 11.1 Å². The lowest BCUT2D eigenvalue weighted by atomic mass is 9.82. The molecule has 0 aromatic heterocycles. The zero-order valence-corrected chi connectivity index (χ0v) is 10.2. The zero-order valence-electron chi connectivity index (χ0n) is 10.2. The van der Waals surface area contributed by atoms with Crippen molar-refractivity contribution in [3.05, 3.63) is 71.8 Å². The summed E-state index contributed by atoms with van der Waals surface area (Å²) in [4.78, 5) is 0. The van der Waals surface area contributed by atoms with Gasteiger partial charge in [-0.1, -0.05) is 65.8 Å². The first-order valence-corrected chi connectivity index (χ1v) is 6.24. The Morgan fingerprint density at radius 1 is 0.632 bits per heavy atom. The Balaban J connectivity index is 2.28. The van der Waals surface area contributed by atoms with Crippen molar-refractivity contribution in [3.8, 4) is 11.1 Å². The molecule has 0 bridgehead atoms. The summed E-state index contributed by atoms with van der Waals surface area (Å²) in [6, 6.07) is 20.4. The van der Waals surface area contributed by atoms with Crippen LogP contribution in [0.5, 0.6) is 0 Å². The van der Waals surface area contributed by atoms with Crippen LogP contribution in [0.25, 0.3) is 21.9 Å². The summed E-state index contributed by atoms with van der Waals surface area (Å²) in [7, 11) is 0. The van der Waals surface area contributed by atoms with Gasteiger partial charge in [0.1, 0.15) is 5.71 Å². The first-order valence-electron chi connectivity index (χ1n) is 6.24. The molecule has 2 heteroatoms. The van der Waals surface area contributed by atoms with Crippen LogP contribution in [0.2, 0.25) is 0 Å². The Kier molecular flexibility index (Phi) is 2.00. The lowest BCUT2D eigenvalue weighted by molar-refractivity contribution is 0.319. The number of hydrogen-bond acceptors (Lipinski definition) is 2. The molecule has 3 aromatic carbocycles. The smallest absolute Gasteiger partial charge is 0.118 e. The number of fused-ring (bicyclic) bond motifs is 2. The van der Waals surface area contributed by atoms with Crippen LogP contribution in [0.4, 0.5) is 0 Å². The van der Waals surface area contributed by atoms with Gasteiger partial charge in [-0.05, 0) is 21.9 Å². The standard InChI is InChI=1S/C17H11NO/c19-18-17-14-8-2-1-7-12(14)13-9-3-5-11-6-4-10-15(17)16(11)13/h1-10,19H/b18-17-. The van der Waals surface area contributed by atoms with Gasteiger partial charge in [0.2, 0.25) is 0 Å². The number of oxime groups is 1. The van der Waals surface area contributed by atoms with Gasteiger partial charge in [0, 0.05) is 11.1 Å². The van der Waals surface area contributed by atoms with Gasteiger partial charge in [-0.3, -0.25) is 0 Å². The van der Waals surface area contributed by atoms with E-state index in [1.807, 2.05) is 30.3 Å². The minimum absolute atomic E-state index is 0.653. The molecule has 0 fully saturated rings. The van der Waals surface area contributed by atoms with Crippen molar-refractivity contribution in [2.75, 3.05) is 0 Å². The highest BCUT2D eigenvalue weighted by atomic mass is 16.4. The minimum atomic E-state index is 0.653. The van der Waals surface area contributed by atoms with Crippen LogP contribution in [0, 0.1) is 0 Å². The van der Waals surface area contributed by atoms with Crippen LogP contribution >= 0.6 is 0 Å². The largest absolute Gasteiger partial charge is 0.410 e. The lowest BCUT2D eigenvalue weighted by Gasteiger charge is -2.21. The topological polar surface area (TPSA) is 32.6 Å². The van der Waals surface area contributed by atoms with Crippen LogP contribution in [-0.2, 0) is 0 Å². The molecule has 0 saturated heterocycles. The van der Waals surface area contributed by atoms with Gasteiger partial charge < -0.3 is 5.21 Å². The van der Waals surface area contributed by atoms with Crippen LogP contribution in [0.3, 0.4) is 0 Å². The zero-order chi connectivity index (χ0) is 12.8. The highest BCUT2D eigenvalue weighted by Gasteiger charge is 2.23. The van der Waals surface area contributed by atoms with Crippen molar-refractivity contribution in [1.82, 2.24) is 0 Å². The van der Waals surface area contributed by atoms with Gasteiger partial charge in [0.25, 0.3) is 0 Å². The molecule has 4 rings (SSSR count). The Morgan fingerprint density at radius 2 is 1.26 bits per heavy atom. The molecule has 0 aliphatic heterocycles. The van der Waals surface area contributed by atoms with Crippen molar-refractivity contribution >= 4 is 16.5 Å². The van der Waals surface area contributed by atoms with E-state index in [0.29, 0.717) is 5.71 Å². The third-order valence-electron chi connectivity index (χ3n) is 3.73. The molecule has 0 amide bonds. The van der Waals surface area contributed by atoms with E-state index in [2.05, 4.69) is 35.5 Å². The van der Waals surface area contributed by atoms with E-state index < -0.39 is 0 Å². The summed E-state index contributed by atoms with van der Waals surface area (Å²) < 4.78 is 0. The van der Waals surface area contributed by atoms with Crippen LogP contribution < -0.4 is 0 Å². The SMILES string of the molecule is O/N=C1/c2ccccc2-c2cccc3cccc1c23. The normalized spacial score (nSPS) is 14.6. The van der Waals surface area contributed by atoms with Crippen molar-refractivity contribution in [3.63, 3.8) is 0 Å². The summed E-state index contributed by atoms with van der Waals surface area (Å²) in [6.45, 7) is 0. The molecule has 1 aliphatic rings. The van der Waals surface area contributed by atoms with Crippen molar-refractivity contribution in [2.45, 2.75) is 0 Å². The maximum atomic E-state index is 9.40. The third kappa shape index (κ3) is 1.28. The fraction of sp³-hybridized carbons (Fsp3) is 0. The Bertz CT molecular complexity index is 828. The second-order valence-corrected chi connectivity index (χ2v) is 4.70. The Morgan fingerprint density at radius 3 is 2.00 bits per heavy atom. The predicted octanol–water partition coefficient (Wildman–Crippen LogP) is 4.05. The number of rotatable bonds is 0. The average Bonchev–Trinajstić information content (AvgIpc) is 2.48. The molecule has 0 heterocycles. The van der Waals surface area contributed by atoms with Crippen molar-refractivity contribution in [2.24, 2.45) is 5.16 Å². The van der Waals surface area contributed by atoms with Gasteiger partial charge in [-0.25, -0.2) is 0 Å². The van der Waals surface area contributed by atoms with Gasteiger partial charge in [0.05, 0.1) is 0 Å². The average molecular weight is 245 g/mol. The van der Waals surface area contributed by atoms with Crippen LogP contribution in [-0.4, -0.2) is 10.9 Å². The lowest BCUT2D eigenvalue weighted by Crippen LogP contribution is -2.10. The van der Waals surface area contributed by atoms with Crippen molar-refractivity contribution < 1.29 is 5.21 Å². The fourth-order valence-corrected chi connectivity index (χ4v) is 2.94. The number of hydrogen-bond donors (Lipinski definition) is 1. The molecule has 0 radical (unpaired) electrons. The molecule has 90 valence electrons. The second kappa shape index (κ2) is 3.69. The van der Waals surface area contributed by atoms with Crippen LogP contribution in [0.15, 0.2) is 65.8 Å². The number of nitrogens with zero attached hydrogens (tertiary/aromatic N) is 1. The highest BCUT2D eigenvalue weighted by Crippen LogP contribution is 2.39. The van der Waals surface area contributed by atoms with E-state index in [-0.39, 0.29) is 0 Å². The van der Waals surface area contributed by atoms with Crippen molar-refractivity contribution in [1.29, 1.82) is 0 Å². The molecule has 2 nitrogen and oxygen atoms in total. The molecular formula is C17H11NO.